The molecule has 24 heavy (non-hydrogen) atoms. The molecule has 0 saturated carbocycles. The molecule has 5 nitrogen and oxygen atoms in total. The molecule has 0 radical (unpaired) electrons. The fourth-order valence-corrected chi connectivity index (χ4v) is 3.01. The fraction of sp³-hybridized carbons (Fsp3) is 0.750. The maximum absolute atomic E-state index is 12.4. The van der Waals surface area contributed by atoms with Gasteiger partial charge in [-0.2, -0.15) is 18.3 Å². The molecule has 0 spiro atoms. The first-order valence-corrected chi connectivity index (χ1v) is 8.21. The Labute approximate surface area is 140 Å². The van der Waals surface area contributed by atoms with Gasteiger partial charge in [0, 0.05) is 32.9 Å². The summed E-state index contributed by atoms with van der Waals surface area (Å²) in [6.07, 6.45) is -3.22. The molecule has 0 N–H and O–H groups in total. The Hall–Kier alpha value is -1.57. The van der Waals surface area contributed by atoms with E-state index in [0.29, 0.717) is 31.2 Å². The highest BCUT2D eigenvalue weighted by Crippen LogP contribution is 2.23. The molecule has 1 fully saturated rings. The molecule has 2 rings (SSSR count). The molecule has 0 bridgehead atoms. The number of carbonyl (C=O) groups is 1. The van der Waals surface area contributed by atoms with E-state index in [4.69, 9.17) is 0 Å². The molecule has 0 unspecified atom stereocenters. The van der Waals surface area contributed by atoms with E-state index in [2.05, 4.69) is 5.10 Å². The van der Waals surface area contributed by atoms with Gasteiger partial charge in [0.15, 0.2) is 5.69 Å². The molecule has 2 heterocycles. The average Bonchev–Trinajstić information content (AvgIpc) is 2.84. The first-order chi connectivity index (χ1) is 11.2. The van der Waals surface area contributed by atoms with Crippen LogP contribution in [0, 0.1) is 12.8 Å². The number of piperidine rings is 1. The SMILES string of the molecule is Cc1cc(C(=O)N(C)CC2CCN(CCC(F)(F)F)CC2)nn1C. The highest BCUT2D eigenvalue weighted by Gasteiger charge is 2.29. The summed E-state index contributed by atoms with van der Waals surface area (Å²) in [5.74, 6) is 0.212. The molecule has 0 aromatic carbocycles. The molecule has 8 heteroatoms. The van der Waals surface area contributed by atoms with Crippen LogP contribution in [0.4, 0.5) is 13.2 Å². The molecule has 1 saturated heterocycles. The lowest BCUT2D eigenvalue weighted by atomic mass is 9.96. The molecular weight excluding hydrogens is 321 g/mol. The summed E-state index contributed by atoms with van der Waals surface area (Å²) in [5, 5.41) is 4.19. The van der Waals surface area contributed by atoms with Gasteiger partial charge >= 0.3 is 6.18 Å². The lowest BCUT2D eigenvalue weighted by molar-refractivity contribution is -0.138. The third-order valence-corrected chi connectivity index (χ3v) is 4.63. The van der Waals surface area contributed by atoms with Crippen molar-refractivity contribution in [2.24, 2.45) is 13.0 Å². The number of aromatic nitrogens is 2. The van der Waals surface area contributed by atoms with Gasteiger partial charge in [-0.1, -0.05) is 0 Å². The number of hydrogen-bond acceptors (Lipinski definition) is 3. The highest BCUT2D eigenvalue weighted by atomic mass is 19.4. The highest BCUT2D eigenvalue weighted by molar-refractivity contribution is 5.92. The van der Waals surface area contributed by atoms with Crippen LogP contribution in [0.2, 0.25) is 0 Å². The number of likely N-dealkylation sites (tertiary alicyclic amines) is 1. The maximum Gasteiger partial charge on any atom is 0.390 e. The van der Waals surface area contributed by atoms with Crippen LogP contribution in [0.3, 0.4) is 0 Å². The minimum absolute atomic E-state index is 0.0677. The van der Waals surface area contributed by atoms with Crippen molar-refractivity contribution in [1.29, 1.82) is 0 Å². The van der Waals surface area contributed by atoms with Gasteiger partial charge in [0.1, 0.15) is 0 Å². The van der Waals surface area contributed by atoms with Crippen LogP contribution < -0.4 is 0 Å². The predicted molar refractivity (Wildman–Crippen MR) is 84.7 cm³/mol. The van der Waals surface area contributed by atoms with E-state index in [1.165, 1.54) is 0 Å². The van der Waals surface area contributed by atoms with Crippen LogP contribution in [-0.2, 0) is 7.05 Å². The number of rotatable bonds is 5. The Morgan fingerprint density at radius 3 is 2.50 bits per heavy atom. The average molecular weight is 346 g/mol. The van der Waals surface area contributed by atoms with E-state index < -0.39 is 12.6 Å². The second-order valence-corrected chi connectivity index (χ2v) is 6.63. The van der Waals surface area contributed by atoms with E-state index in [9.17, 15) is 18.0 Å². The fourth-order valence-electron chi connectivity index (χ4n) is 3.01. The van der Waals surface area contributed by atoms with Crippen molar-refractivity contribution in [3.05, 3.63) is 17.5 Å². The number of halogens is 3. The van der Waals surface area contributed by atoms with Gasteiger partial charge in [0.25, 0.3) is 5.91 Å². The predicted octanol–water partition coefficient (Wildman–Crippen LogP) is 2.46. The normalized spacial score (nSPS) is 17.2. The molecule has 1 aromatic heterocycles. The maximum atomic E-state index is 12.4. The minimum atomic E-state index is -4.09. The Bertz CT molecular complexity index is 543. The van der Waals surface area contributed by atoms with E-state index in [-0.39, 0.29) is 12.5 Å². The monoisotopic (exact) mass is 346 g/mol. The Balaban J connectivity index is 1.77. The Morgan fingerprint density at radius 2 is 2.00 bits per heavy atom. The van der Waals surface area contributed by atoms with Crippen molar-refractivity contribution < 1.29 is 18.0 Å². The third-order valence-electron chi connectivity index (χ3n) is 4.63. The molecule has 136 valence electrons. The summed E-state index contributed by atoms with van der Waals surface area (Å²) < 4.78 is 38.4. The van der Waals surface area contributed by atoms with Crippen LogP contribution >= 0.6 is 0 Å². The van der Waals surface area contributed by atoms with Crippen molar-refractivity contribution in [2.75, 3.05) is 33.2 Å². The number of nitrogens with zero attached hydrogens (tertiary/aromatic N) is 4. The van der Waals surface area contributed by atoms with Crippen molar-refractivity contribution >= 4 is 5.91 Å². The van der Waals surface area contributed by atoms with Gasteiger partial charge in [0.2, 0.25) is 0 Å². The van der Waals surface area contributed by atoms with Crippen LogP contribution in [0.15, 0.2) is 6.07 Å². The third kappa shape index (κ3) is 5.22. The zero-order valence-corrected chi connectivity index (χ0v) is 14.4. The number of amides is 1. The summed E-state index contributed by atoms with van der Waals surface area (Å²) in [7, 11) is 3.55. The standard InChI is InChI=1S/C16H25F3N4O/c1-12-10-14(20-22(12)3)15(24)21(2)11-13-4-7-23(8-5-13)9-6-16(17,18)19/h10,13H,4-9,11H2,1-3H3. The smallest absolute Gasteiger partial charge is 0.340 e. The first-order valence-electron chi connectivity index (χ1n) is 8.21. The Kier molecular flexibility index (Phi) is 5.90. The van der Waals surface area contributed by atoms with Crippen molar-refractivity contribution in [3.8, 4) is 0 Å². The second-order valence-electron chi connectivity index (χ2n) is 6.63. The van der Waals surface area contributed by atoms with Gasteiger partial charge in [-0.05, 0) is 44.8 Å². The zero-order chi connectivity index (χ0) is 17.9. The van der Waals surface area contributed by atoms with E-state index >= 15 is 0 Å². The summed E-state index contributed by atoms with van der Waals surface area (Å²) in [6, 6.07) is 1.76. The number of aryl methyl sites for hydroxylation is 2. The number of alkyl halides is 3. The second kappa shape index (κ2) is 7.55. The van der Waals surface area contributed by atoms with Gasteiger partial charge < -0.3 is 9.80 Å². The van der Waals surface area contributed by atoms with Crippen LogP contribution in [0.1, 0.15) is 35.4 Å². The van der Waals surface area contributed by atoms with Crippen LogP contribution in [-0.4, -0.2) is 64.9 Å². The van der Waals surface area contributed by atoms with Gasteiger partial charge in [-0.3, -0.25) is 9.48 Å². The topological polar surface area (TPSA) is 41.4 Å². The number of hydrogen-bond donors (Lipinski definition) is 0. The van der Waals surface area contributed by atoms with E-state index in [1.807, 2.05) is 11.8 Å². The van der Waals surface area contributed by atoms with Crippen molar-refractivity contribution in [1.82, 2.24) is 19.6 Å². The summed E-state index contributed by atoms with van der Waals surface area (Å²) in [5.41, 5.74) is 1.35. The molecule has 1 aliphatic heterocycles. The molecule has 1 amide bonds. The van der Waals surface area contributed by atoms with E-state index in [1.54, 1.807) is 29.7 Å². The largest absolute Gasteiger partial charge is 0.390 e. The Morgan fingerprint density at radius 1 is 1.38 bits per heavy atom. The summed E-state index contributed by atoms with van der Waals surface area (Å²) >= 11 is 0. The molecule has 1 aliphatic rings. The molecule has 1 aromatic rings. The molecule has 0 atom stereocenters. The van der Waals surface area contributed by atoms with Gasteiger partial charge in [0.05, 0.1) is 6.42 Å². The van der Waals surface area contributed by atoms with Crippen molar-refractivity contribution in [3.63, 3.8) is 0 Å². The summed E-state index contributed by atoms with van der Waals surface area (Å²) in [4.78, 5) is 15.9. The van der Waals surface area contributed by atoms with Crippen LogP contribution in [0.5, 0.6) is 0 Å². The van der Waals surface area contributed by atoms with Gasteiger partial charge in [-0.25, -0.2) is 0 Å². The summed E-state index contributed by atoms with van der Waals surface area (Å²) in [6.45, 7) is 3.89. The first kappa shape index (κ1) is 18.8. The lowest BCUT2D eigenvalue weighted by Crippen LogP contribution is -2.40. The lowest BCUT2D eigenvalue weighted by Gasteiger charge is -2.33. The molecule has 0 aliphatic carbocycles. The number of carbonyl (C=O) groups excluding carboxylic acids is 1. The molecular formula is C16H25F3N4O. The van der Waals surface area contributed by atoms with Gasteiger partial charge in [-0.15, -0.1) is 0 Å². The van der Waals surface area contributed by atoms with E-state index in [0.717, 1.165) is 18.5 Å². The zero-order valence-electron chi connectivity index (χ0n) is 14.4. The van der Waals surface area contributed by atoms with Crippen LogP contribution in [0.25, 0.3) is 0 Å². The quantitative estimate of drug-likeness (QED) is 0.822. The minimum Gasteiger partial charge on any atom is -0.340 e. The van der Waals surface area contributed by atoms with Crippen molar-refractivity contribution in [2.45, 2.75) is 32.4 Å².